The van der Waals surface area contributed by atoms with Crippen molar-refractivity contribution in [2.75, 3.05) is 5.32 Å². The van der Waals surface area contributed by atoms with E-state index in [1.54, 1.807) is 0 Å². The van der Waals surface area contributed by atoms with Crippen LogP contribution in [-0.4, -0.2) is 15.9 Å². The first kappa shape index (κ1) is 13.8. The summed E-state index contributed by atoms with van der Waals surface area (Å²) in [7, 11) is 0. The summed E-state index contributed by atoms with van der Waals surface area (Å²) in [6.07, 6.45) is 1.31. The second-order valence-electron chi connectivity index (χ2n) is 4.06. The van der Waals surface area contributed by atoms with Crippen molar-refractivity contribution in [2.24, 2.45) is 0 Å². The molecule has 0 saturated carbocycles. The Kier molecular flexibility index (Phi) is 4.02. The number of amides is 1. The fraction of sp³-hybridized carbons (Fsp3) is 0.154. The van der Waals surface area contributed by atoms with Crippen LogP contribution in [0.4, 0.5) is 5.69 Å². The molecule has 0 aliphatic rings. The monoisotopic (exact) mass is 295 g/mol. The number of aromatic nitrogens is 2. The molecule has 0 unspecified atom stereocenters. The molecule has 1 amide bonds. The van der Waals surface area contributed by atoms with Crippen LogP contribution in [0.2, 0.25) is 10.4 Å². The van der Waals surface area contributed by atoms with Crippen LogP contribution >= 0.6 is 23.2 Å². The Labute approximate surface area is 120 Å². The number of rotatable bonds is 2. The maximum Gasteiger partial charge on any atom is 0.260 e. The van der Waals surface area contributed by atoms with Crippen molar-refractivity contribution in [3.63, 3.8) is 0 Å². The molecule has 1 aromatic carbocycles. The standard InChI is InChI=1S/C13H11Cl2N3O/c1-7-4-3-5-8(2)10(7)17-12(19)9-6-16-13(15)18-11(9)14/h3-6H,1-2H3,(H,17,19). The maximum atomic E-state index is 12.1. The molecule has 2 rings (SSSR count). The first-order valence-electron chi connectivity index (χ1n) is 5.54. The Bertz CT molecular complexity index is 624. The summed E-state index contributed by atoms with van der Waals surface area (Å²) in [5, 5.41) is 2.85. The van der Waals surface area contributed by atoms with E-state index >= 15 is 0 Å². The number of carbonyl (C=O) groups is 1. The zero-order valence-corrected chi connectivity index (χ0v) is 11.9. The first-order valence-corrected chi connectivity index (χ1v) is 6.30. The third kappa shape index (κ3) is 3.03. The summed E-state index contributed by atoms with van der Waals surface area (Å²) >= 11 is 11.5. The van der Waals surface area contributed by atoms with E-state index in [-0.39, 0.29) is 21.9 Å². The van der Waals surface area contributed by atoms with Crippen molar-refractivity contribution in [3.8, 4) is 0 Å². The summed E-state index contributed by atoms with van der Waals surface area (Å²) in [6.45, 7) is 3.84. The molecule has 0 radical (unpaired) electrons. The van der Waals surface area contributed by atoms with Gasteiger partial charge in [-0.1, -0.05) is 29.8 Å². The van der Waals surface area contributed by atoms with E-state index in [0.717, 1.165) is 16.8 Å². The number of hydrogen-bond donors (Lipinski definition) is 1. The average Bonchev–Trinajstić information content (AvgIpc) is 2.33. The van der Waals surface area contributed by atoms with Crippen molar-refractivity contribution in [2.45, 2.75) is 13.8 Å². The molecule has 1 N–H and O–H groups in total. The lowest BCUT2D eigenvalue weighted by Gasteiger charge is -2.11. The largest absolute Gasteiger partial charge is 0.321 e. The van der Waals surface area contributed by atoms with Crippen LogP contribution in [0.15, 0.2) is 24.4 Å². The topological polar surface area (TPSA) is 54.9 Å². The zero-order chi connectivity index (χ0) is 14.0. The van der Waals surface area contributed by atoms with Crippen LogP contribution in [0.25, 0.3) is 0 Å². The van der Waals surface area contributed by atoms with Crippen molar-refractivity contribution in [3.05, 3.63) is 51.5 Å². The number of aryl methyl sites for hydroxylation is 2. The lowest BCUT2D eigenvalue weighted by atomic mass is 10.1. The number of nitrogens with zero attached hydrogens (tertiary/aromatic N) is 2. The quantitative estimate of drug-likeness (QED) is 0.679. The molecule has 1 heterocycles. The minimum atomic E-state index is -0.362. The van der Waals surface area contributed by atoms with E-state index in [2.05, 4.69) is 15.3 Å². The average molecular weight is 296 g/mol. The fourth-order valence-electron chi connectivity index (χ4n) is 1.69. The molecule has 0 aliphatic carbocycles. The molecule has 98 valence electrons. The second-order valence-corrected chi connectivity index (χ2v) is 4.76. The van der Waals surface area contributed by atoms with E-state index in [1.165, 1.54) is 6.20 Å². The van der Waals surface area contributed by atoms with Crippen LogP contribution in [0.3, 0.4) is 0 Å². The second kappa shape index (κ2) is 5.55. The van der Waals surface area contributed by atoms with Crippen LogP contribution in [0.1, 0.15) is 21.5 Å². The smallest absolute Gasteiger partial charge is 0.260 e. The van der Waals surface area contributed by atoms with Crippen molar-refractivity contribution in [1.82, 2.24) is 9.97 Å². The lowest BCUT2D eigenvalue weighted by molar-refractivity contribution is 0.102. The number of halogens is 2. The predicted molar refractivity (Wildman–Crippen MR) is 75.9 cm³/mol. The van der Waals surface area contributed by atoms with E-state index in [0.29, 0.717) is 0 Å². The molecule has 2 aromatic rings. The summed E-state index contributed by atoms with van der Waals surface area (Å²) in [6, 6.07) is 5.77. The van der Waals surface area contributed by atoms with Gasteiger partial charge in [-0.3, -0.25) is 4.79 Å². The van der Waals surface area contributed by atoms with Crippen LogP contribution in [-0.2, 0) is 0 Å². The van der Waals surface area contributed by atoms with Gasteiger partial charge in [0.25, 0.3) is 5.91 Å². The van der Waals surface area contributed by atoms with Gasteiger partial charge in [0.05, 0.1) is 5.56 Å². The van der Waals surface area contributed by atoms with Crippen molar-refractivity contribution in [1.29, 1.82) is 0 Å². The highest BCUT2D eigenvalue weighted by atomic mass is 35.5. The lowest BCUT2D eigenvalue weighted by Crippen LogP contribution is -2.15. The predicted octanol–water partition coefficient (Wildman–Crippen LogP) is 3.65. The molecule has 19 heavy (non-hydrogen) atoms. The molecule has 0 saturated heterocycles. The molecule has 0 atom stereocenters. The van der Waals surface area contributed by atoms with Gasteiger partial charge >= 0.3 is 0 Å². The number of hydrogen-bond acceptors (Lipinski definition) is 3. The highest BCUT2D eigenvalue weighted by Gasteiger charge is 2.14. The SMILES string of the molecule is Cc1cccc(C)c1NC(=O)c1cnc(Cl)nc1Cl. The molecule has 0 aliphatic heterocycles. The van der Waals surface area contributed by atoms with Gasteiger partial charge in [-0.15, -0.1) is 0 Å². The van der Waals surface area contributed by atoms with Crippen molar-refractivity contribution >= 4 is 34.8 Å². The summed E-state index contributed by atoms with van der Waals surface area (Å²) in [5.41, 5.74) is 2.89. The Morgan fingerprint density at radius 2 is 1.84 bits per heavy atom. The van der Waals surface area contributed by atoms with Crippen LogP contribution in [0, 0.1) is 13.8 Å². The Morgan fingerprint density at radius 1 is 1.21 bits per heavy atom. The van der Waals surface area contributed by atoms with Gasteiger partial charge in [0.2, 0.25) is 5.28 Å². The van der Waals surface area contributed by atoms with E-state index < -0.39 is 0 Å². The van der Waals surface area contributed by atoms with E-state index in [1.807, 2.05) is 32.0 Å². The van der Waals surface area contributed by atoms with E-state index in [9.17, 15) is 4.79 Å². The Hall–Kier alpha value is -1.65. The minimum Gasteiger partial charge on any atom is -0.321 e. The normalized spacial score (nSPS) is 10.3. The molecular weight excluding hydrogens is 285 g/mol. The van der Waals surface area contributed by atoms with Gasteiger partial charge in [-0.25, -0.2) is 9.97 Å². The summed E-state index contributed by atoms with van der Waals surface area (Å²) < 4.78 is 0. The maximum absolute atomic E-state index is 12.1. The number of carbonyl (C=O) groups excluding carboxylic acids is 1. The van der Waals surface area contributed by atoms with Crippen LogP contribution < -0.4 is 5.32 Å². The number of benzene rings is 1. The third-order valence-corrected chi connectivity index (χ3v) is 3.15. The highest BCUT2D eigenvalue weighted by molar-refractivity contribution is 6.34. The third-order valence-electron chi connectivity index (χ3n) is 2.68. The van der Waals surface area contributed by atoms with Gasteiger partial charge in [0, 0.05) is 11.9 Å². The highest BCUT2D eigenvalue weighted by Crippen LogP contribution is 2.22. The molecule has 4 nitrogen and oxygen atoms in total. The summed E-state index contributed by atoms with van der Waals surface area (Å²) in [4.78, 5) is 19.6. The summed E-state index contributed by atoms with van der Waals surface area (Å²) in [5.74, 6) is -0.362. The van der Waals surface area contributed by atoms with Gasteiger partial charge in [-0.05, 0) is 36.6 Å². The molecular formula is C13H11Cl2N3O. The molecule has 0 fully saturated rings. The minimum absolute atomic E-state index is 0.00798. The zero-order valence-electron chi connectivity index (χ0n) is 10.4. The number of para-hydroxylation sites is 1. The van der Waals surface area contributed by atoms with Crippen LogP contribution in [0.5, 0.6) is 0 Å². The first-order chi connectivity index (χ1) is 8.99. The Morgan fingerprint density at radius 3 is 2.42 bits per heavy atom. The molecule has 1 aromatic heterocycles. The van der Waals surface area contributed by atoms with Gasteiger partial charge in [0.15, 0.2) is 0 Å². The number of nitrogens with one attached hydrogen (secondary N) is 1. The number of anilines is 1. The van der Waals surface area contributed by atoms with Crippen molar-refractivity contribution < 1.29 is 4.79 Å². The van der Waals surface area contributed by atoms with Gasteiger partial charge < -0.3 is 5.32 Å². The van der Waals surface area contributed by atoms with E-state index in [4.69, 9.17) is 23.2 Å². The Balaban J connectivity index is 2.31. The molecule has 0 bridgehead atoms. The van der Waals surface area contributed by atoms with Gasteiger partial charge in [-0.2, -0.15) is 0 Å². The molecule has 0 spiro atoms. The van der Waals surface area contributed by atoms with Gasteiger partial charge in [0.1, 0.15) is 5.15 Å². The fourth-order valence-corrected chi connectivity index (χ4v) is 2.08. The molecule has 6 heteroatoms.